The minimum absolute atomic E-state index is 0.0426. The van der Waals surface area contributed by atoms with E-state index < -0.39 is 10.0 Å². The molecule has 2 heterocycles. The molecule has 1 aromatic rings. The second kappa shape index (κ2) is 5.81. The molecule has 2 rings (SSSR count). The van der Waals surface area contributed by atoms with Crippen molar-refractivity contribution >= 4 is 10.0 Å². The third kappa shape index (κ3) is 3.09. The summed E-state index contributed by atoms with van der Waals surface area (Å²) >= 11 is 0. The number of methoxy groups -OCH3 is 1. The Morgan fingerprint density at radius 2 is 2.33 bits per heavy atom. The highest BCUT2D eigenvalue weighted by molar-refractivity contribution is 7.89. The van der Waals surface area contributed by atoms with Crippen molar-refractivity contribution in [2.24, 2.45) is 0 Å². The van der Waals surface area contributed by atoms with Crippen LogP contribution in [-0.4, -0.2) is 54.3 Å². The molecule has 0 radical (unpaired) electrons. The van der Waals surface area contributed by atoms with Crippen molar-refractivity contribution in [3.63, 3.8) is 0 Å². The molecule has 0 amide bonds. The van der Waals surface area contributed by atoms with Crippen molar-refractivity contribution in [1.82, 2.24) is 13.9 Å². The molecule has 6 nitrogen and oxygen atoms in total. The Morgan fingerprint density at radius 1 is 1.50 bits per heavy atom. The fraction of sp³-hybridized carbons (Fsp3) is 0.727. The maximum absolute atomic E-state index is 12.2. The number of sulfonamides is 1. The topological polar surface area (TPSA) is 64.4 Å². The summed E-state index contributed by atoms with van der Waals surface area (Å²) < 4.78 is 32.7. The van der Waals surface area contributed by atoms with Crippen LogP contribution in [0.2, 0.25) is 0 Å². The predicted molar refractivity (Wildman–Crippen MR) is 67.6 cm³/mol. The van der Waals surface area contributed by atoms with Crippen LogP contribution in [-0.2, 0) is 21.3 Å². The average molecular weight is 273 g/mol. The maximum atomic E-state index is 12.2. The zero-order chi connectivity index (χ0) is 13.0. The van der Waals surface area contributed by atoms with Crippen molar-refractivity contribution in [3.8, 4) is 0 Å². The molecule has 1 aliphatic heterocycles. The zero-order valence-electron chi connectivity index (χ0n) is 10.5. The first-order valence-electron chi connectivity index (χ1n) is 6.07. The largest absolute Gasteiger partial charge is 0.384 e. The van der Waals surface area contributed by atoms with Gasteiger partial charge in [0.15, 0.2) is 0 Å². The van der Waals surface area contributed by atoms with Gasteiger partial charge in [-0.25, -0.2) is 13.4 Å². The van der Waals surface area contributed by atoms with Gasteiger partial charge in [-0.2, -0.15) is 4.31 Å². The van der Waals surface area contributed by atoms with E-state index in [-0.39, 0.29) is 18.4 Å². The molecule has 7 heteroatoms. The van der Waals surface area contributed by atoms with Crippen molar-refractivity contribution < 1.29 is 13.2 Å². The molecule has 18 heavy (non-hydrogen) atoms. The Bertz CT molecular complexity index is 458. The first kappa shape index (κ1) is 13.5. The van der Waals surface area contributed by atoms with E-state index in [9.17, 15) is 8.42 Å². The van der Waals surface area contributed by atoms with Crippen LogP contribution in [0.3, 0.4) is 0 Å². The average Bonchev–Trinajstić information content (AvgIpc) is 2.98. The standard InChI is InChI=1S/C11H19N3O3S/c1-17-7-8-18(15,16)14-5-2-3-11(14)9-13-6-4-12-10-13/h4,6,10-11H,2-3,5,7-9H2,1H3. The summed E-state index contributed by atoms with van der Waals surface area (Å²) in [4.78, 5) is 3.98. The van der Waals surface area contributed by atoms with Crippen molar-refractivity contribution in [3.05, 3.63) is 18.7 Å². The molecular formula is C11H19N3O3S. The quantitative estimate of drug-likeness (QED) is 0.749. The number of hydrogen-bond donors (Lipinski definition) is 0. The Kier molecular flexibility index (Phi) is 4.36. The fourth-order valence-corrected chi connectivity index (χ4v) is 3.95. The molecule has 1 unspecified atom stereocenters. The third-order valence-electron chi connectivity index (χ3n) is 3.21. The summed E-state index contributed by atoms with van der Waals surface area (Å²) in [5.74, 6) is 0.0595. The molecule has 0 N–H and O–H groups in total. The summed E-state index contributed by atoms with van der Waals surface area (Å²) in [6.45, 7) is 1.54. The monoisotopic (exact) mass is 273 g/mol. The van der Waals surface area contributed by atoms with E-state index in [4.69, 9.17) is 4.74 Å². The minimum atomic E-state index is -3.20. The molecule has 1 aromatic heterocycles. The number of nitrogens with zero attached hydrogens (tertiary/aromatic N) is 3. The number of rotatable bonds is 6. The van der Waals surface area contributed by atoms with E-state index in [0.717, 1.165) is 12.8 Å². The van der Waals surface area contributed by atoms with Gasteiger partial charge in [0.25, 0.3) is 0 Å². The molecule has 1 aliphatic rings. The summed E-state index contributed by atoms with van der Waals surface area (Å²) in [5, 5.41) is 0. The first-order valence-corrected chi connectivity index (χ1v) is 7.68. The van der Waals surface area contributed by atoms with Gasteiger partial charge in [-0.3, -0.25) is 0 Å². The molecule has 0 bridgehead atoms. The Labute approximate surface area is 108 Å². The molecule has 0 spiro atoms. The van der Waals surface area contributed by atoms with Gasteiger partial charge in [-0.05, 0) is 12.8 Å². The molecule has 0 aliphatic carbocycles. The Morgan fingerprint density at radius 3 is 3.00 bits per heavy atom. The highest BCUT2D eigenvalue weighted by atomic mass is 32.2. The molecule has 1 atom stereocenters. The fourth-order valence-electron chi connectivity index (χ4n) is 2.30. The van der Waals surface area contributed by atoms with Gasteiger partial charge in [-0.1, -0.05) is 0 Å². The summed E-state index contributed by atoms with van der Waals surface area (Å²) in [7, 11) is -1.68. The van der Waals surface area contributed by atoms with E-state index in [1.165, 1.54) is 7.11 Å². The van der Waals surface area contributed by atoms with Crippen LogP contribution < -0.4 is 0 Å². The highest BCUT2D eigenvalue weighted by Crippen LogP contribution is 2.22. The van der Waals surface area contributed by atoms with Gasteiger partial charge in [0.2, 0.25) is 10.0 Å². The van der Waals surface area contributed by atoms with Crippen LogP contribution in [0, 0.1) is 0 Å². The second-order valence-corrected chi connectivity index (χ2v) is 6.52. The van der Waals surface area contributed by atoms with Gasteiger partial charge in [0.05, 0.1) is 18.7 Å². The van der Waals surface area contributed by atoms with Crippen LogP contribution in [0.5, 0.6) is 0 Å². The highest BCUT2D eigenvalue weighted by Gasteiger charge is 2.33. The minimum Gasteiger partial charge on any atom is -0.384 e. The van der Waals surface area contributed by atoms with Gasteiger partial charge >= 0.3 is 0 Å². The SMILES string of the molecule is COCCS(=O)(=O)N1CCCC1Cn1ccnc1. The molecule has 1 saturated heterocycles. The lowest BCUT2D eigenvalue weighted by Gasteiger charge is -2.24. The van der Waals surface area contributed by atoms with Crippen LogP contribution in [0.1, 0.15) is 12.8 Å². The van der Waals surface area contributed by atoms with Crippen molar-refractivity contribution in [1.29, 1.82) is 0 Å². The van der Waals surface area contributed by atoms with Crippen molar-refractivity contribution in [2.75, 3.05) is 26.0 Å². The predicted octanol–water partition coefficient (Wildman–Crippen LogP) is 0.324. The first-order chi connectivity index (χ1) is 8.63. The number of hydrogen-bond acceptors (Lipinski definition) is 4. The number of aromatic nitrogens is 2. The molecule has 0 saturated carbocycles. The second-order valence-electron chi connectivity index (χ2n) is 4.48. The molecule has 0 aromatic carbocycles. The Hall–Kier alpha value is -0.920. The van der Waals surface area contributed by atoms with Gasteiger partial charge < -0.3 is 9.30 Å². The molecule has 102 valence electrons. The third-order valence-corrected chi connectivity index (χ3v) is 5.08. The maximum Gasteiger partial charge on any atom is 0.216 e. The zero-order valence-corrected chi connectivity index (χ0v) is 11.3. The van der Waals surface area contributed by atoms with E-state index in [2.05, 4.69) is 4.98 Å². The van der Waals surface area contributed by atoms with Crippen molar-refractivity contribution in [2.45, 2.75) is 25.4 Å². The van der Waals surface area contributed by atoms with E-state index in [0.29, 0.717) is 13.1 Å². The summed E-state index contributed by atoms with van der Waals surface area (Å²) in [6.07, 6.45) is 7.12. The number of imidazole rings is 1. The van der Waals surface area contributed by atoms with E-state index >= 15 is 0 Å². The molecular weight excluding hydrogens is 254 g/mol. The molecule has 1 fully saturated rings. The van der Waals surface area contributed by atoms with Gasteiger partial charge in [0, 0.05) is 38.6 Å². The van der Waals surface area contributed by atoms with Crippen LogP contribution in [0.4, 0.5) is 0 Å². The van der Waals surface area contributed by atoms with Gasteiger partial charge in [-0.15, -0.1) is 0 Å². The lowest BCUT2D eigenvalue weighted by molar-refractivity contribution is 0.215. The normalized spacial score (nSPS) is 21.5. The van der Waals surface area contributed by atoms with Crippen LogP contribution >= 0.6 is 0 Å². The van der Waals surface area contributed by atoms with Gasteiger partial charge in [0.1, 0.15) is 0 Å². The van der Waals surface area contributed by atoms with E-state index in [1.54, 1.807) is 16.8 Å². The summed E-state index contributed by atoms with van der Waals surface area (Å²) in [5.41, 5.74) is 0. The lowest BCUT2D eigenvalue weighted by Crippen LogP contribution is -2.40. The Balaban J connectivity index is 2.03. The van der Waals surface area contributed by atoms with E-state index in [1.807, 2.05) is 10.8 Å². The lowest BCUT2D eigenvalue weighted by atomic mass is 10.2. The number of ether oxygens (including phenoxy) is 1. The smallest absolute Gasteiger partial charge is 0.216 e. The van der Waals surface area contributed by atoms with Crippen LogP contribution in [0.15, 0.2) is 18.7 Å². The van der Waals surface area contributed by atoms with Crippen LogP contribution in [0.25, 0.3) is 0 Å². The summed E-state index contributed by atoms with van der Waals surface area (Å²) in [6, 6.07) is 0.0426.